The average molecular weight is 271 g/mol. The lowest BCUT2D eigenvalue weighted by atomic mass is 9.90. The predicted octanol–water partition coefficient (Wildman–Crippen LogP) is 2.68. The molecule has 1 aliphatic rings. The normalized spacial score (nSPS) is 18.4. The largest absolute Gasteiger partial charge is 0.496 e. The third-order valence-electron chi connectivity index (χ3n) is 3.47. The van der Waals surface area contributed by atoms with Gasteiger partial charge in [-0.1, -0.05) is 11.6 Å². The van der Waals surface area contributed by atoms with Gasteiger partial charge in [-0.2, -0.15) is 0 Å². The van der Waals surface area contributed by atoms with E-state index >= 15 is 0 Å². The Morgan fingerprint density at radius 2 is 2.11 bits per heavy atom. The van der Waals surface area contributed by atoms with Crippen LogP contribution in [0.1, 0.15) is 18.4 Å². The molecule has 1 unspecified atom stereocenters. The van der Waals surface area contributed by atoms with Crippen LogP contribution in [0.2, 0.25) is 5.02 Å². The second-order valence-electron chi connectivity index (χ2n) is 4.94. The van der Waals surface area contributed by atoms with Crippen LogP contribution in [-0.2, 0) is 11.2 Å². The molecule has 1 aromatic rings. The van der Waals surface area contributed by atoms with Crippen LogP contribution in [0.15, 0.2) is 18.2 Å². The SMILES string of the molecule is COCC(O)(Cc1cc(Cl)ccc1OC)C1CC1. The first-order chi connectivity index (χ1) is 8.59. The zero-order valence-corrected chi connectivity index (χ0v) is 11.5. The van der Waals surface area contributed by atoms with E-state index < -0.39 is 5.60 Å². The highest BCUT2D eigenvalue weighted by Crippen LogP contribution is 2.42. The summed E-state index contributed by atoms with van der Waals surface area (Å²) in [5.41, 5.74) is 0.114. The summed E-state index contributed by atoms with van der Waals surface area (Å²) >= 11 is 6.01. The predicted molar refractivity (Wildman–Crippen MR) is 71.3 cm³/mol. The maximum absolute atomic E-state index is 10.7. The standard InChI is InChI=1S/C14H19ClO3/c1-17-9-14(16,11-3-4-11)8-10-7-12(15)5-6-13(10)18-2/h5-7,11,16H,3-4,8-9H2,1-2H3. The summed E-state index contributed by atoms with van der Waals surface area (Å²) in [6.07, 6.45) is 2.63. The molecule has 0 heterocycles. The van der Waals surface area contributed by atoms with Crippen molar-refractivity contribution >= 4 is 11.6 Å². The molecule has 100 valence electrons. The maximum Gasteiger partial charge on any atom is 0.122 e. The monoisotopic (exact) mass is 270 g/mol. The van der Waals surface area contributed by atoms with Crippen molar-refractivity contribution in [2.45, 2.75) is 24.9 Å². The molecule has 0 spiro atoms. The Labute approximate surface area is 113 Å². The lowest BCUT2D eigenvalue weighted by molar-refractivity contribution is -0.0477. The fourth-order valence-electron chi connectivity index (χ4n) is 2.40. The van der Waals surface area contributed by atoms with Crippen molar-refractivity contribution in [1.82, 2.24) is 0 Å². The van der Waals surface area contributed by atoms with Gasteiger partial charge in [-0.15, -0.1) is 0 Å². The third kappa shape index (κ3) is 2.97. The summed E-state index contributed by atoms with van der Waals surface area (Å²) in [5.74, 6) is 1.08. The Balaban J connectivity index is 2.22. The molecule has 2 rings (SSSR count). The molecular weight excluding hydrogens is 252 g/mol. The van der Waals surface area contributed by atoms with Crippen molar-refractivity contribution in [1.29, 1.82) is 0 Å². The molecule has 0 aromatic heterocycles. The van der Waals surface area contributed by atoms with E-state index in [1.54, 1.807) is 20.3 Å². The van der Waals surface area contributed by atoms with E-state index in [1.807, 2.05) is 12.1 Å². The van der Waals surface area contributed by atoms with Crippen LogP contribution >= 0.6 is 11.6 Å². The molecule has 0 amide bonds. The van der Waals surface area contributed by atoms with E-state index in [-0.39, 0.29) is 0 Å². The Bertz CT molecular complexity index is 418. The minimum Gasteiger partial charge on any atom is -0.496 e. The second kappa shape index (κ2) is 5.47. The van der Waals surface area contributed by atoms with Crippen molar-refractivity contribution in [3.05, 3.63) is 28.8 Å². The van der Waals surface area contributed by atoms with E-state index in [4.69, 9.17) is 21.1 Å². The fourth-order valence-corrected chi connectivity index (χ4v) is 2.59. The first-order valence-corrected chi connectivity index (χ1v) is 6.50. The smallest absolute Gasteiger partial charge is 0.122 e. The molecule has 3 nitrogen and oxygen atoms in total. The number of aliphatic hydroxyl groups is 1. The van der Waals surface area contributed by atoms with Gasteiger partial charge in [-0.3, -0.25) is 0 Å². The van der Waals surface area contributed by atoms with Gasteiger partial charge in [0, 0.05) is 18.6 Å². The van der Waals surface area contributed by atoms with E-state index in [0.717, 1.165) is 24.2 Å². The van der Waals surface area contributed by atoms with Gasteiger partial charge in [0.2, 0.25) is 0 Å². The summed E-state index contributed by atoms with van der Waals surface area (Å²) in [4.78, 5) is 0. The number of halogens is 1. The van der Waals surface area contributed by atoms with Crippen LogP contribution in [-0.4, -0.2) is 31.5 Å². The first-order valence-electron chi connectivity index (χ1n) is 6.13. The summed E-state index contributed by atoms with van der Waals surface area (Å²) in [6, 6.07) is 5.47. The average Bonchev–Trinajstić information content (AvgIpc) is 3.13. The second-order valence-corrected chi connectivity index (χ2v) is 5.38. The van der Waals surface area contributed by atoms with Crippen LogP contribution < -0.4 is 4.74 Å². The van der Waals surface area contributed by atoms with Crippen LogP contribution in [0.4, 0.5) is 0 Å². The van der Waals surface area contributed by atoms with Crippen LogP contribution in [0, 0.1) is 5.92 Å². The molecule has 1 aromatic carbocycles. The van der Waals surface area contributed by atoms with E-state index in [1.165, 1.54) is 0 Å². The highest BCUT2D eigenvalue weighted by Gasteiger charge is 2.44. The number of benzene rings is 1. The topological polar surface area (TPSA) is 38.7 Å². The Hall–Kier alpha value is -0.770. The quantitative estimate of drug-likeness (QED) is 0.864. The molecule has 0 bridgehead atoms. The summed E-state index contributed by atoms with van der Waals surface area (Å²) in [5, 5.41) is 11.3. The van der Waals surface area contributed by atoms with E-state index in [9.17, 15) is 5.11 Å². The Kier molecular flexibility index (Phi) is 4.15. The van der Waals surface area contributed by atoms with Gasteiger partial charge in [0.25, 0.3) is 0 Å². The van der Waals surface area contributed by atoms with E-state index in [2.05, 4.69) is 0 Å². The minimum absolute atomic E-state index is 0.320. The van der Waals surface area contributed by atoms with Crippen LogP contribution in [0.5, 0.6) is 5.75 Å². The van der Waals surface area contributed by atoms with Gasteiger partial charge in [0.05, 0.1) is 19.3 Å². The molecule has 1 N–H and O–H groups in total. The summed E-state index contributed by atoms with van der Waals surface area (Å²) in [7, 11) is 3.24. The van der Waals surface area contributed by atoms with E-state index in [0.29, 0.717) is 24.0 Å². The number of hydrogen-bond acceptors (Lipinski definition) is 3. The Morgan fingerprint density at radius 1 is 1.39 bits per heavy atom. The maximum atomic E-state index is 10.7. The number of rotatable bonds is 6. The molecule has 18 heavy (non-hydrogen) atoms. The zero-order chi connectivity index (χ0) is 13.2. The zero-order valence-electron chi connectivity index (χ0n) is 10.8. The summed E-state index contributed by atoms with van der Waals surface area (Å²) in [6.45, 7) is 0.341. The lowest BCUT2D eigenvalue weighted by Gasteiger charge is -2.28. The van der Waals surface area contributed by atoms with Gasteiger partial charge in [-0.25, -0.2) is 0 Å². The minimum atomic E-state index is -0.813. The molecule has 0 radical (unpaired) electrons. The first kappa shape index (κ1) is 13.7. The van der Waals surface area contributed by atoms with Crippen molar-refractivity contribution < 1.29 is 14.6 Å². The fraction of sp³-hybridized carbons (Fsp3) is 0.571. The summed E-state index contributed by atoms with van der Waals surface area (Å²) < 4.78 is 10.5. The highest BCUT2D eigenvalue weighted by molar-refractivity contribution is 6.30. The molecule has 0 aliphatic heterocycles. The van der Waals surface area contributed by atoms with Gasteiger partial charge in [0.1, 0.15) is 5.75 Å². The van der Waals surface area contributed by atoms with Gasteiger partial charge >= 0.3 is 0 Å². The molecule has 1 atom stereocenters. The molecule has 4 heteroatoms. The molecule has 1 fully saturated rings. The lowest BCUT2D eigenvalue weighted by Crippen LogP contribution is -2.39. The molecule has 1 saturated carbocycles. The molecule has 1 aliphatic carbocycles. The van der Waals surface area contributed by atoms with Gasteiger partial charge < -0.3 is 14.6 Å². The molecular formula is C14H19ClO3. The highest BCUT2D eigenvalue weighted by atomic mass is 35.5. The van der Waals surface area contributed by atoms with Crippen molar-refractivity contribution in [2.75, 3.05) is 20.8 Å². The third-order valence-corrected chi connectivity index (χ3v) is 3.71. The molecule has 0 saturated heterocycles. The van der Waals surface area contributed by atoms with Crippen molar-refractivity contribution in [3.8, 4) is 5.75 Å². The van der Waals surface area contributed by atoms with Crippen LogP contribution in [0.25, 0.3) is 0 Å². The number of methoxy groups -OCH3 is 2. The van der Waals surface area contributed by atoms with Crippen molar-refractivity contribution in [2.24, 2.45) is 5.92 Å². The van der Waals surface area contributed by atoms with Crippen molar-refractivity contribution in [3.63, 3.8) is 0 Å². The Morgan fingerprint density at radius 3 is 2.67 bits per heavy atom. The number of ether oxygens (including phenoxy) is 2. The number of hydrogen-bond donors (Lipinski definition) is 1. The van der Waals surface area contributed by atoms with Gasteiger partial charge in [-0.05, 0) is 42.5 Å². The van der Waals surface area contributed by atoms with Crippen LogP contribution in [0.3, 0.4) is 0 Å². The van der Waals surface area contributed by atoms with Gasteiger partial charge in [0.15, 0.2) is 0 Å².